The third kappa shape index (κ3) is 3.64. The molecule has 0 unspecified atom stereocenters. The van der Waals surface area contributed by atoms with Crippen LogP contribution in [0.5, 0.6) is 0 Å². The second-order valence-corrected chi connectivity index (χ2v) is 7.43. The van der Waals surface area contributed by atoms with Crippen molar-refractivity contribution in [2.75, 3.05) is 12.3 Å². The number of hydrogen-bond donors (Lipinski definition) is 0. The summed E-state index contributed by atoms with van der Waals surface area (Å²) in [6, 6.07) is 6.06. The molecule has 6 nitrogen and oxygen atoms in total. The standard InChI is InChI=1S/C20H20FN5OS/c1-2-25(15-5-3-4-6-15)18(27)12-28-20-17-11-24-26(19(17)22-13-23-20)16-9-7-14(21)8-10-16/h5,7-11,13H,2-4,6,12H2,1H3. The lowest BCUT2D eigenvalue weighted by atomic mass is 10.3. The van der Waals surface area contributed by atoms with Crippen LogP contribution in [0.3, 0.4) is 0 Å². The van der Waals surface area contributed by atoms with Gasteiger partial charge in [0.05, 0.1) is 23.0 Å². The second-order valence-electron chi connectivity index (χ2n) is 6.46. The molecule has 144 valence electrons. The van der Waals surface area contributed by atoms with Crippen LogP contribution < -0.4 is 0 Å². The third-order valence-electron chi connectivity index (χ3n) is 4.71. The molecule has 1 aromatic carbocycles. The molecule has 4 rings (SSSR count). The van der Waals surface area contributed by atoms with E-state index < -0.39 is 0 Å². The predicted molar refractivity (Wildman–Crippen MR) is 107 cm³/mol. The number of amides is 1. The Morgan fingerprint density at radius 1 is 1.29 bits per heavy atom. The summed E-state index contributed by atoms with van der Waals surface area (Å²) >= 11 is 1.39. The van der Waals surface area contributed by atoms with Crippen molar-refractivity contribution in [3.8, 4) is 5.69 Å². The summed E-state index contributed by atoms with van der Waals surface area (Å²) in [5.74, 6) is 0.0831. The topological polar surface area (TPSA) is 63.9 Å². The van der Waals surface area contributed by atoms with Crippen LogP contribution in [0.25, 0.3) is 16.7 Å². The van der Waals surface area contributed by atoms with E-state index in [1.165, 1.54) is 30.2 Å². The van der Waals surface area contributed by atoms with Gasteiger partial charge in [-0.25, -0.2) is 19.0 Å². The maximum absolute atomic E-state index is 13.2. The lowest BCUT2D eigenvalue weighted by Gasteiger charge is -2.22. The highest BCUT2D eigenvalue weighted by Gasteiger charge is 2.20. The molecule has 0 atom stereocenters. The number of thioether (sulfide) groups is 1. The molecule has 0 bridgehead atoms. The average Bonchev–Trinajstić information content (AvgIpc) is 3.38. The molecule has 0 spiro atoms. The van der Waals surface area contributed by atoms with E-state index in [1.54, 1.807) is 23.0 Å². The lowest BCUT2D eigenvalue weighted by molar-refractivity contribution is -0.126. The molecule has 0 saturated carbocycles. The molecule has 3 aromatic rings. The highest BCUT2D eigenvalue weighted by molar-refractivity contribution is 8.00. The molecule has 1 aliphatic carbocycles. The zero-order valence-electron chi connectivity index (χ0n) is 15.5. The van der Waals surface area contributed by atoms with E-state index in [9.17, 15) is 9.18 Å². The van der Waals surface area contributed by atoms with Gasteiger partial charge in [-0.2, -0.15) is 5.10 Å². The summed E-state index contributed by atoms with van der Waals surface area (Å²) in [6.07, 6.45) is 8.42. The first-order valence-corrected chi connectivity index (χ1v) is 10.2. The maximum Gasteiger partial charge on any atom is 0.237 e. The summed E-state index contributed by atoms with van der Waals surface area (Å²) in [4.78, 5) is 23.2. The van der Waals surface area contributed by atoms with E-state index in [2.05, 4.69) is 21.1 Å². The Balaban J connectivity index is 1.54. The minimum absolute atomic E-state index is 0.0818. The molecular formula is C20H20FN5OS. The van der Waals surface area contributed by atoms with Gasteiger partial charge in [0.1, 0.15) is 17.2 Å². The maximum atomic E-state index is 13.2. The van der Waals surface area contributed by atoms with Gasteiger partial charge in [-0.15, -0.1) is 0 Å². The molecule has 8 heteroatoms. The van der Waals surface area contributed by atoms with Crippen molar-refractivity contribution in [2.24, 2.45) is 0 Å². The number of fused-ring (bicyclic) bond motifs is 1. The summed E-state index contributed by atoms with van der Waals surface area (Å²) in [5, 5.41) is 5.85. The minimum Gasteiger partial charge on any atom is -0.316 e. The Hall–Kier alpha value is -2.74. The van der Waals surface area contributed by atoms with Gasteiger partial charge in [0, 0.05) is 12.2 Å². The van der Waals surface area contributed by atoms with Crippen molar-refractivity contribution >= 4 is 28.7 Å². The molecule has 0 radical (unpaired) electrons. The number of carbonyl (C=O) groups is 1. The highest BCUT2D eigenvalue weighted by Crippen LogP contribution is 2.27. The number of nitrogens with zero attached hydrogens (tertiary/aromatic N) is 5. The highest BCUT2D eigenvalue weighted by atomic mass is 32.2. The molecule has 2 aromatic heterocycles. The first-order chi connectivity index (χ1) is 13.7. The Morgan fingerprint density at radius 3 is 2.82 bits per heavy atom. The van der Waals surface area contributed by atoms with Crippen LogP contribution in [-0.4, -0.2) is 42.9 Å². The van der Waals surface area contributed by atoms with Gasteiger partial charge >= 0.3 is 0 Å². The van der Waals surface area contributed by atoms with Crippen molar-refractivity contribution in [1.29, 1.82) is 0 Å². The summed E-state index contributed by atoms with van der Waals surface area (Å²) in [5.41, 5.74) is 2.47. The fourth-order valence-electron chi connectivity index (χ4n) is 3.36. The van der Waals surface area contributed by atoms with Crippen molar-refractivity contribution in [3.05, 3.63) is 54.4 Å². The van der Waals surface area contributed by atoms with Gasteiger partial charge < -0.3 is 4.90 Å². The van der Waals surface area contributed by atoms with E-state index in [0.717, 1.165) is 30.3 Å². The first-order valence-electron chi connectivity index (χ1n) is 9.24. The quantitative estimate of drug-likeness (QED) is 0.465. The molecule has 1 aliphatic rings. The zero-order chi connectivity index (χ0) is 19.5. The van der Waals surface area contributed by atoms with Crippen LogP contribution in [0.4, 0.5) is 4.39 Å². The smallest absolute Gasteiger partial charge is 0.237 e. The van der Waals surface area contributed by atoms with Crippen LogP contribution in [0.2, 0.25) is 0 Å². The average molecular weight is 397 g/mol. The summed E-state index contributed by atoms with van der Waals surface area (Å²) in [6.45, 7) is 2.67. The normalized spacial score (nSPS) is 13.7. The second kappa shape index (κ2) is 8.10. The number of rotatable bonds is 6. The Morgan fingerprint density at radius 2 is 2.11 bits per heavy atom. The van der Waals surface area contributed by atoms with E-state index in [0.29, 0.717) is 28.7 Å². The van der Waals surface area contributed by atoms with Gasteiger partial charge in [0.25, 0.3) is 0 Å². The van der Waals surface area contributed by atoms with Crippen molar-refractivity contribution in [2.45, 2.75) is 31.2 Å². The molecule has 1 amide bonds. The van der Waals surface area contributed by atoms with Gasteiger partial charge in [0.2, 0.25) is 5.91 Å². The van der Waals surface area contributed by atoms with Gasteiger partial charge in [0.15, 0.2) is 5.65 Å². The number of benzene rings is 1. The lowest BCUT2D eigenvalue weighted by Crippen LogP contribution is -2.31. The Labute approximate surface area is 166 Å². The Kier molecular flexibility index (Phi) is 5.38. The van der Waals surface area contributed by atoms with Crippen LogP contribution in [-0.2, 0) is 4.79 Å². The molecular weight excluding hydrogens is 377 g/mol. The number of hydrogen-bond acceptors (Lipinski definition) is 5. The predicted octanol–water partition coefficient (Wildman–Crippen LogP) is 3.96. The van der Waals surface area contributed by atoms with Crippen LogP contribution in [0.15, 0.2) is 53.6 Å². The first kappa shape index (κ1) is 18.6. The zero-order valence-corrected chi connectivity index (χ0v) is 16.3. The van der Waals surface area contributed by atoms with Crippen molar-refractivity contribution in [3.63, 3.8) is 0 Å². The molecule has 0 saturated heterocycles. The SMILES string of the molecule is CCN(C(=O)CSc1ncnc2c1cnn2-c1ccc(F)cc1)C1=CCCC1. The van der Waals surface area contributed by atoms with Gasteiger partial charge in [-0.05, 0) is 50.5 Å². The van der Waals surface area contributed by atoms with Crippen molar-refractivity contribution < 1.29 is 9.18 Å². The Bertz CT molecular complexity index is 1030. The fourth-order valence-corrected chi connectivity index (χ4v) is 4.19. The molecule has 0 fully saturated rings. The summed E-state index contributed by atoms with van der Waals surface area (Å²) < 4.78 is 14.8. The molecule has 0 aliphatic heterocycles. The molecule has 2 heterocycles. The van der Waals surface area contributed by atoms with Crippen LogP contribution >= 0.6 is 11.8 Å². The number of halogens is 1. The van der Waals surface area contributed by atoms with E-state index in [4.69, 9.17) is 0 Å². The van der Waals surface area contributed by atoms with Crippen molar-refractivity contribution in [1.82, 2.24) is 24.6 Å². The van der Waals surface area contributed by atoms with E-state index in [1.807, 2.05) is 11.8 Å². The van der Waals surface area contributed by atoms with Gasteiger partial charge in [-0.3, -0.25) is 4.79 Å². The van der Waals surface area contributed by atoms with E-state index >= 15 is 0 Å². The fraction of sp³-hybridized carbons (Fsp3) is 0.300. The minimum atomic E-state index is -0.303. The van der Waals surface area contributed by atoms with E-state index in [-0.39, 0.29) is 11.7 Å². The van der Waals surface area contributed by atoms with Crippen LogP contribution in [0.1, 0.15) is 26.2 Å². The monoisotopic (exact) mass is 397 g/mol. The number of allylic oxidation sites excluding steroid dienone is 2. The van der Waals surface area contributed by atoms with Crippen LogP contribution in [0, 0.1) is 5.82 Å². The molecule has 0 N–H and O–H groups in total. The largest absolute Gasteiger partial charge is 0.316 e. The third-order valence-corrected chi connectivity index (χ3v) is 5.70. The number of aromatic nitrogens is 4. The summed E-state index contributed by atoms with van der Waals surface area (Å²) in [7, 11) is 0. The molecule has 28 heavy (non-hydrogen) atoms. The van der Waals surface area contributed by atoms with Gasteiger partial charge in [-0.1, -0.05) is 17.8 Å². The number of carbonyl (C=O) groups excluding carboxylic acids is 1.